The summed E-state index contributed by atoms with van der Waals surface area (Å²) in [7, 11) is 1.61. The van der Waals surface area contributed by atoms with E-state index >= 15 is 0 Å². The summed E-state index contributed by atoms with van der Waals surface area (Å²) < 4.78 is 11.1. The number of nitrogens with one attached hydrogen (secondary N) is 2. The standard InChI is InChI=1S/C11H13N3O2S/c1-3-16-9-6-7(4-5-8(9)15-2)10-12-11(17)14-13-10/h4-6H,3H2,1-2H3,(H2,12,13,14,17). The summed E-state index contributed by atoms with van der Waals surface area (Å²) in [6, 6.07) is 5.60. The Kier molecular flexibility index (Phi) is 3.43. The maximum atomic E-state index is 5.49. The van der Waals surface area contributed by atoms with Gasteiger partial charge in [0.25, 0.3) is 0 Å². The second kappa shape index (κ2) is 5.01. The van der Waals surface area contributed by atoms with Crippen molar-refractivity contribution in [3.8, 4) is 22.9 Å². The lowest BCUT2D eigenvalue weighted by Gasteiger charge is -2.09. The molecule has 2 aromatic rings. The fraction of sp³-hybridized carbons (Fsp3) is 0.273. The van der Waals surface area contributed by atoms with Crippen LogP contribution in [0.5, 0.6) is 11.5 Å². The predicted molar refractivity (Wildman–Crippen MR) is 66.9 cm³/mol. The minimum atomic E-state index is 0.425. The third-order valence-electron chi connectivity index (χ3n) is 2.24. The fourth-order valence-corrected chi connectivity index (χ4v) is 1.64. The Bertz CT molecular complexity index is 562. The molecule has 2 N–H and O–H groups in total. The van der Waals surface area contributed by atoms with Gasteiger partial charge in [-0.25, -0.2) is 0 Å². The molecular weight excluding hydrogens is 238 g/mol. The van der Waals surface area contributed by atoms with Gasteiger partial charge < -0.3 is 9.47 Å². The third-order valence-corrected chi connectivity index (χ3v) is 2.43. The Hall–Kier alpha value is -1.82. The summed E-state index contributed by atoms with van der Waals surface area (Å²) in [5.74, 6) is 2.07. The lowest BCUT2D eigenvalue weighted by atomic mass is 10.2. The van der Waals surface area contributed by atoms with Gasteiger partial charge in [0, 0.05) is 5.56 Å². The Balaban J connectivity index is 2.42. The summed E-state index contributed by atoms with van der Waals surface area (Å²) >= 11 is 4.91. The molecule has 17 heavy (non-hydrogen) atoms. The molecule has 6 heteroatoms. The van der Waals surface area contributed by atoms with E-state index in [9.17, 15) is 0 Å². The van der Waals surface area contributed by atoms with E-state index in [1.54, 1.807) is 7.11 Å². The molecule has 1 aromatic heterocycles. The predicted octanol–water partition coefficient (Wildman–Crippen LogP) is 2.54. The molecule has 0 saturated heterocycles. The van der Waals surface area contributed by atoms with E-state index in [0.29, 0.717) is 28.7 Å². The first-order valence-corrected chi connectivity index (χ1v) is 5.61. The van der Waals surface area contributed by atoms with E-state index in [4.69, 9.17) is 21.7 Å². The van der Waals surface area contributed by atoms with Crippen molar-refractivity contribution in [3.63, 3.8) is 0 Å². The molecule has 0 bridgehead atoms. The smallest absolute Gasteiger partial charge is 0.213 e. The van der Waals surface area contributed by atoms with Crippen LogP contribution in [0, 0.1) is 4.77 Å². The SMILES string of the molecule is CCOc1cc(-c2nc(=S)[nH][nH]2)ccc1OC. The van der Waals surface area contributed by atoms with Crippen LogP contribution in [0.3, 0.4) is 0 Å². The van der Waals surface area contributed by atoms with Gasteiger partial charge in [0.1, 0.15) is 0 Å². The Labute approximate surface area is 104 Å². The van der Waals surface area contributed by atoms with Crippen molar-refractivity contribution in [2.75, 3.05) is 13.7 Å². The van der Waals surface area contributed by atoms with Crippen molar-refractivity contribution in [3.05, 3.63) is 23.0 Å². The molecule has 1 aromatic carbocycles. The first kappa shape index (κ1) is 11.7. The van der Waals surface area contributed by atoms with Gasteiger partial charge in [-0.2, -0.15) is 4.98 Å². The van der Waals surface area contributed by atoms with E-state index < -0.39 is 0 Å². The van der Waals surface area contributed by atoms with Gasteiger partial charge in [-0.3, -0.25) is 10.2 Å². The number of hydrogen-bond acceptors (Lipinski definition) is 4. The maximum absolute atomic E-state index is 5.49. The summed E-state index contributed by atoms with van der Waals surface area (Å²) in [6.45, 7) is 2.50. The van der Waals surface area contributed by atoms with Gasteiger partial charge in [-0.05, 0) is 37.3 Å². The molecule has 2 rings (SSSR count). The van der Waals surface area contributed by atoms with Gasteiger partial charge in [-0.1, -0.05) is 0 Å². The van der Waals surface area contributed by atoms with Crippen molar-refractivity contribution in [1.29, 1.82) is 0 Å². The summed E-state index contributed by atoms with van der Waals surface area (Å²) in [4.78, 5) is 4.14. The molecule has 0 aliphatic heterocycles. The van der Waals surface area contributed by atoms with Crippen LogP contribution in [0.1, 0.15) is 6.92 Å². The topological polar surface area (TPSA) is 62.9 Å². The number of benzene rings is 1. The van der Waals surface area contributed by atoms with Gasteiger partial charge in [0.15, 0.2) is 17.3 Å². The second-order valence-corrected chi connectivity index (χ2v) is 3.70. The molecule has 90 valence electrons. The number of rotatable bonds is 4. The van der Waals surface area contributed by atoms with Crippen molar-refractivity contribution in [2.24, 2.45) is 0 Å². The highest BCUT2D eigenvalue weighted by atomic mass is 32.1. The van der Waals surface area contributed by atoms with Crippen LogP contribution in [-0.4, -0.2) is 28.9 Å². The summed E-state index contributed by atoms with van der Waals surface area (Å²) in [6.07, 6.45) is 0. The van der Waals surface area contributed by atoms with E-state index in [1.165, 1.54) is 0 Å². The van der Waals surface area contributed by atoms with Crippen LogP contribution in [0.4, 0.5) is 0 Å². The quantitative estimate of drug-likeness (QED) is 0.820. The molecule has 0 spiro atoms. The van der Waals surface area contributed by atoms with Crippen molar-refractivity contribution in [1.82, 2.24) is 15.2 Å². The number of methoxy groups -OCH3 is 1. The summed E-state index contributed by atoms with van der Waals surface area (Å²) in [5.41, 5.74) is 0.890. The van der Waals surface area contributed by atoms with Crippen LogP contribution >= 0.6 is 12.2 Å². The van der Waals surface area contributed by atoms with Crippen molar-refractivity contribution >= 4 is 12.2 Å². The number of hydrogen-bond donors (Lipinski definition) is 2. The number of ether oxygens (including phenoxy) is 2. The molecule has 0 radical (unpaired) electrons. The maximum Gasteiger partial charge on any atom is 0.213 e. The van der Waals surface area contributed by atoms with Crippen molar-refractivity contribution < 1.29 is 9.47 Å². The zero-order chi connectivity index (χ0) is 12.3. The molecule has 5 nitrogen and oxygen atoms in total. The average molecular weight is 251 g/mol. The van der Waals surface area contributed by atoms with E-state index in [2.05, 4.69) is 15.2 Å². The molecule has 1 heterocycles. The molecule has 0 unspecified atom stereocenters. The van der Waals surface area contributed by atoms with E-state index in [0.717, 1.165) is 5.56 Å². The monoisotopic (exact) mass is 251 g/mol. The molecular formula is C11H13N3O2S. The van der Waals surface area contributed by atoms with Crippen molar-refractivity contribution in [2.45, 2.75) is 6.92 Å². The third kappa shape index (κ3) is 2.47. The number of nitrogens with zero attached hydrogens (tertiary/aromatic N) is 1. The van der Waals surface area contributed by atoms with Crippen LogP contribution in [-0.2, 0) is 0 Å². The average Bonchev–Trinajstić information content (AvgIpc) is 2.76. The van der Waals surface area contributed by atoms with Crippen LogP contribution < -0.4 is 9.47 Å². The molecule has 0 aliphatic rings. The largest absolute Gasteiger partial charge is 0.493 e. The zero-order valence-corrected chi connectivity index (χ0v) is 10.4. The van der Waals surface area contributed by atoms with E-state index in [1.807, 2.05) is 25.1 Å². The van der Waals surface area contributed by atoms with Gasteiger partial charge >= 0.3 is 0 Å². The van der Waals surface area contributed by atoms with Crippen LogP contribution in [0.25, 0.3) is 11.4 Å². The minimum Gasteiger partial charge on any atom is -0.493 e. The molecule has 0 fully saturated rings. The molecule has 0 saturated carbocycles. The summed E-state index contributed by atoms with van der Waals surface area (Å²) in [5, 5.41) is 5.65. The van der Waals surface area contributed by atoms with Gasteiger partial charge in [-0.15, -0.1) is 0 Å². The first-order chi connectivity index (χ1) is 8.24. The van der Waals surface area contributed by atoms with Gasteiger partial charge in [0.2, 0.25) is 4.77 Å². The first-order valence-electron chi connectivity index (χ1n) is 5.20. The molecule has 0 amide bonds. The second-order valence-electron chi connectivity index (χ2n) is 3.31. The van der Waals surface area contributed by atoms with E-state index in [-0.39, 0.29) is 0 Å². The number of H-pyrrole nitrogens is 2. The highest BCUT2D eigenvalue weighted by molar-refractivity contribution is 7.71. The van der Waals surface area contributed by atoms with Crippen LogP contribution in [0.15, 0.2) is 18.2 Å². The fourth-order valence-electron chi connectivity index (χ4n) is 1.50. The molecule has 0 atom stereocenters. The Morgan fingerprint density at radius 2 is 2.12 bits per heavy atom. The highest BCUT2D eigenvalue weighted by Crippen LogP contribution is 2.31. The minimum absolute atomic E-state index is 0.425. The van der Waals surface area contributed by atoms with Gasteiger partial charge in [0.05, 0.1) is 13.7 Å². The highest BCUT2D eigenvalue weighted by Gasteiger charge is 2.08. The normalized spacial score (nSPS) is 10.2. The lowest BCUT2D eigenvalue weighted by Crippen LogP contribution is -1.95. The zero-order valence-electron chi connectivity index (χ0n) is 9.61. The Morgan fingerprint density at radius 3 is 2.71 bits per heavy atom. The number of aromatic nitrogens is 3. The number of aromatic amines is 2. The Morgan fingerprint density at radius 1 is 1.29 bits per heavy atom. The molecule has 0 aliphatic carbocycles. The lowest BCUT2D eigenvalue weighted by molar-refractivity contribution is 0.311. The van der Waals surface area contributed by atoms with Crippen LogP contribution in [0.2, 0.25) is 0 Å².